The van der Waals surface area contributed by atoms with E-state index in [1.165, 1.54) is 6.07 Å². The topological polar surface area (TPSA) is 66.4 Å². The summed E-state index contributed by atoms with van der Waals surface area (Å²) in [5.41, 5.74) is 1.51. The van der Waals surface area contributed by atoms with Crippen LogP contribution in [0.2, 0.25) is 0 Å². The number of pyridine rings is 1. The summed E-state index contributed by atoms with van der Waals surface area (Å²) in [5, 5.41) is 5.79. The summed E-state index contributed by atoms with van der Waals surface area (Å²) in [6, 6.07) is 8.94. The highest BCUT2D eigenvalue weighted by Gasteiger charge is 2.49. The number of aromatic nitrogens is 3. The third-order valence-corrected chi connectivity index (χ3v) is 11.0. The first-order chi connectivity index (χ1) is 21.7. The molecule has 0 amide bonds. The quantitative estimate of drug-likeness (QED) is 0.283. The summed E-state index contributed by atoms with van der Waals surface area (Å²) in [4.78, 5) is 19.2. The SMILES string of the molecule is CC[C@]1(C)CN2c3nc(OC[C@@]45CCCN4C[C@H](F)C5)nc4c(F)c(-c5cccc6ccc(F)c(C)c56)nc(c34)CC[C@@H]2CN1. The van der Waals surface area contributed by atoms with Crippen molar-refractivity contribution in [2.45, 2.75) is 82.6 Å². The van der Waals surface area contributed by atoms with E-state index >= 15 is 4.39 Å². The zero-order valence-electron chi connectivity index (χ0n) is 26.1. The third-order valence-electron chi connectivity index (χ3n) is 11.0. The van der Waals surface area contributed by atoms with Crippen LogP contribution in [0.15, 0.2) is 30.3 Å². The van der Waals surface area contributed by atoms with Gasteiger partial charge in [-0.15, -0.1) is 0 Å². The van der Waals surface area contributed by atoms with Crippen LogP contribution in [0.4, 0.5) is 19.0 Å². The van der Waals surface area contributed by atoms with Crippen LogP contribution in [0.25, 0.3) is 32.9 Å². The minimum atomic E-state index is -0.882. The van der Waals surface area contributed by atoms with E-state index in [2.05, 4.69) is 29.0 Å². The van der Waals surface area contributed by atoms with Gasteiger partial charge in [0.25, 0.3) is 0 Å². The molecule has 3 fully saturated rings. The van der Waals surface area contributed by atoms with Crippen molar-refractivity contribution in [3.8, 4) is 17.3 Å². The second-order valence-electron chi connectivity index (χ2n) is 13.8. The maximum Gasteiger partial charge on any atom is 0.319 e. The van der Waals surface area contributed by atoms with Crippen molar-refractivity contribution >= 4 is 27.5 Å². The molecule has 1 N–H and O–H groups in total. The number of anilines is 1. The first-order valence-electron chi connectivity index (χ1n) is 16.3. The molecule has 236 valence electrons. The molecule has 4 aromatic rings. The summed E-state index contributed by atoms with van der Waals surface area (Å²) in [6.07, 6.45) is 3.75. The van der Waals surface area contributed by atoms with E-state index in [-0.39, 0.29) is 46.8 Å². The molecule has 3 saturated heterocycles. The number of benzene rings is 2. The Kier molecular flexibility index (Phi) is 6.77. The number of nitrogens with one attached hydrogen (secondary N) is 1. The van der Waals surface area contributed by atoms with Crippen molar-refractivity contribution in [3.05, 3.63) is 53.2 Å². The van der Waals surface area contributed by atoms with Gasteiger partial charge in [0.2, 0.25) is 0 Å². The zero-order chi connectivity index (χ0) is 31.1. The number of aryl methyl sites for hydroxylation is 2. The lowest BCUT2D eigenvalue weighted by molar-refractivity contribution is 0.107. The average molecular weight is 617 g/mol. The average Bonchev–Trinajstić information content (AvgIpc) is 3.52. The molecule has 6 heterocycles. The largest absolute Gasteiger partial charge is 0.461 e. The summed E-state index contributed by atoms with van der Waals surface area (Å²) in [6.45, 7) is 9.08. The summed E-state index contributed by atoms with van der Waals surface area (Å²) >= 11 is 0. The number of piperazine rings is 1. The molecule has 4 atom stereocenters. The number of rotatable bonds is 5. The number of alkyl halides is 1. The summed E-state index contributed by atoms with van der Waals surface area (Å²) < 4.78 is 52.7. The Morgan fingerprint density at radius 2 is 1.98 bits per heavy atom. The highest BCUT2D eigenvalue weighted by molar-refractivity contribution is 6.01. The van der Waals surface area contributed by atoms with Crippen molar-refractivity contribution in [2.75, 3.05) is 37.7 Å². The Hall–Kier alpha value is -3.50. The van der Waals surface area contributed by atoms with Gasteiger partial charge in [-0.25, -0.2) is 18.2 Å². The van der Waals surface area contributed by atoms with Crippen LogP contribution < -0.4 is 15.0 Å². The summed E-state index contributed by atoms with van der Waals surface area (Å²) in [7, 11) is 0. The maximum atomic E-state index is 17.0. The molecular formula is C35H39F3N6O. The second-order valence-corrected chi connectivity index (χ2v) is 13.8. The van der Waals surface area contributed by atoms with E-state index in [4.69, 9.17) is 19.7 Å². The van der Waals surface area contributed by atoms with Crippen molar-refractivity contribution in [2.24, 2.45) is 0 Å². The van der Waals surface area contributed by atoms with Gasteiger partial charge >= 0.3 is 6.01 Å². The van der Waals surface area contributed by atoms with Crippen molar-refractivity contribution < 1.29 is 17.9 Å². The van der Waals surface area contributed by atoms with Gasteiger partial charge in [-0.2, -0.15) is 9.97 Å². The number of fused-ring (bicyclic) bond motifs is 4. The minimum Gasteiger partial charge on any atom is -0.461 e. The number of hydrogen-bond donors (Lipinski definition) is 1. The van der Waals surface area contributed by atoms with E-state index < -0.39 is 12.0 Å². The van der Waals surface area contributed by atoms with E-state index in [0.29, 0.717) is 53.6 Å². The first kappa shape index (κ1) is 28.9. The van der Waals surface area contributed by atoms with Gasteiger partial charge in [-0.3, -0.25) is 4.90 Å². The Bertz CT molecular complexity index is 1840. The van der Waals surface area contributed by atoms with E-state index in [9.17, 15) is 8.78 Å². The molecule has 0 saturated carbocycles. The van der Waals surface area contributed by atoms with Gasteiger partial charge < -0.3 is 15.0 Å². The molecule has 0 spiro atoms. The van der Waals surface area contributed by atoms with E-state index in [0.717, 1.165) is 49.9 Å². The maximum absolute atomic E-state index is 17.0. The number of ether oxygens (including phenoxy) is 1. The third kappa shape index (κ3) is 4.58. The lowest BCUT2D eigenvalue weighted by atomic mass is 9.92. The molecule has 0 unspecified atom stereocenters. The van der Waals surface area contributed by atoms with Crippen molar-refractivity contribution in [1.29, 1.82) is 0 Å². The van der Waals surface area contributed by atoms with Gasteiger partial charge in [0, 0.05) is 43.2 Å². The lowest BCUT2D eigenvalue weighted by Crippen LogP contribution is -2.63. The number of halogens is 3. The van der Waals surface area contributed by atoms with E-state index in [1.54, 1.807) is 19.1 Å². The molecule has 7 nitrogen and oxygen atoms in total. The van der Waals surface area contributed by atoms with Gasteiger partial charge in [0.1, 0.15) is 35.6 Å². The zero-order valence-corrected chi connectivity index (χ0v) is 26.1. The molecule has 2 aromatic carbocycles. The molecular weight excluding hydrogens is 577 g/mol. The molecule has 0 bridgehead atoms. The monoisotopic (exact) mass is 616 g/mol. The van der Waals surface area contributed by atoms with Crippen LogP contribution in [0, 0.1) is 18.6 Å². The smallest absolute Gasteiger partial charge is 0.319 e. The highest BCUT2D eigenvalue weighted by Crippen LogP contribution is 2.43. The lowest BCUT2D eigenvalue weighted by Gasteiger charge is -2.46. The Morgan fingerprint density at radius 1 is 1.11 bits per heavy atom. The molecule has 2 aromatic heterocycles. The fourth-order valence-corrected chi connectivity index (χ4v) is 8.30. The molecule has 0 aliphatic carbocycles. The van der Waals surface area contributed by atoms with Gasteiger partial charge in [-0.1, -0.05) is 31.2 Å². The number of nitrogens with zero attached hydrogens (tertiary/aromatic N) is 5. The predicted octanol–water partition coefficient (Wildman–Crippen LogP) is 6.28. The van der Waals surface area contributed by atoms with Crippen LogP contribution >= 0.6 is 0 Å². The molecule has 45 heavy (non-hydrogen) atoms. The highest BCUT2D eigenvalue weighted by atomic mass is 19.1. The fraction of sp³-hybridized carbons (Fsp3) is 0.514. The molecule has 4 aliphatic rings. The molecule has 8 rings (SSSR count). The van der Waals surface area contributed by atoms with Crippen LogP contribution in [-0.4, -0.2) is 75.9 Å². The first-order valence-corrected chi connectivity index (χ1v) is 16.3. The standard InChI is InChI=1S/C35H39F3N6O/c1-4-34(3)18-44-23(16-39-34)10-12-26-28-31(29(38)30(40-26)24-8-5-7-21-9-11-25(37)20(2)27(21)24)41-33(42-32(28)44)45-19-35-13-6-14-43(35)17-22(36)15-35/h5,7-9,11,22-23,39H,4,6,10,12-19H2,1-3H3/t22-,23-,34-,35+/m1/s1. The van der Waals surface area contributed by atoms with Crippen LogP contribution in [0.1, 0.15) is 57.2 Å². The minimum absolute atomic E-state index is 0.0977. The van der Waals surface area contributed by atoms with Crippen LogP contribution in [0.5, 0.6) is 6.01 Å². The van der Waals surface area contributed by atoms with Gasteiger partial charge in [-0.05, 0) is 74.9 Å². The molecule has 0 radical (unpaired) electrons. The Labute approximate surface area is 261 Å². The van der Waals surface area contributed by atoms with Gasteiger partial charge in [0.05, 0.1) is 16.6 Å². The normalized spacial score (nSPS) is 28.0. The van der Waals surface area contributed by atoms with Crippen molar-refractivity contribution in [1.82, 2.24) is 25.2 Å². The molecule has 10 heteroatoms. The van der Waals surface area contributed by atoms with E-state index in [1.807, 2.05) is 12.1 Å². The molecule has 4 aliphatic heterocycles. The Morgan fingerprint density at radius 3 is 2.82 bits per heavy atom. The number of hydrogen-bond acceptors (Lipinski definition) is 7. The Balaban J connectivity index is 1.31. The van der Waals surface area contributed by atoms with Crippen LogP contribution in [-0.2, 0) is 6.42 Å². The predicted molar refractivity (Wildman–Crippen MR) is 170 cm³/mol. The fourth-order valence-electron chi connectivity index (χ4n) is 8.30. The van der Waals surface area contributed by atoms with Crippen LogP contribution in [0.3, 0.4) is 0 Å². The van der Waals surface area contributed by atoms with Gasteiger partial charge in [0.15, 0.2) is 5.82 Å². The van der Waals surface area contributed by atoms with Crippen molar-refractivity contribution in [3.63, 3.8) is 0 Å². The summed E-state index contributed by atoms with van der Waals surface area (Å²) in [5.74, 6) is -0.279. The second kappa shape index (κ2) is 10.5.